The minimum absolute atomic E-state index is 0.0156. The second-order valence-corrected chi connectivity index (χ2v) is 27.6. The predicted octanol–water partition coefficient (Wildman–Crippen LogP) is -1.63. The molecule has 7 rings (SSSR count). The number of benzene rings is 7. The highest BCUT2D eigenvalue weighted by Gasteiger charge is 2.34. The van der Waals surface area contributed by atoms with E-state index in [9.17, 15) is 72.2 Å². The minimum Gasteiger partial charge on any atom is -0.550 e. The molecule has 7 aromatic rings. The fraction of sp³-hybridized carbons (Fsp3) is 0.333. The molecule has 12 amide bonds. The second-order valence-electron chi connectivity index (χ2n) is 27.2. The van der Waals surface area contributed by atoms with Crippen molar-refractivity contribution < 1.29 is 78.0 Å². The van der Waals surface area contributed by atoms with Crippen molar-refractivity contribution in [2.24, 2.45) is 11.5 Å². The molecule has 0 bridgehead atoms. The lowest BCUT2D eigenvalue weighted by atomic mass is 10.0. The van der Waals surface area contributed by atoms with Gasteiger partial charge in [0.15, 0.2) is 5.78 Å². The lowest BCUT2D eigenvalue weighted by Gasteiger charge is -2.26. The SMILES string of the molecule is CC(=O)C(Cc1ccccc1)NC(=O)CNC(=O)C(Cc1ccccc1)NC(=O)[C@H](CCCC[NH3+])NC(=O)C(Cc1ccccc1)NC(=O)CNC(=O)C(N)Cc1ccccc1.CN[C@@H](CC(=O)[O-])C(=O)NC(Cc1ccccc1)C(=O)NCC(=O)N[C@@H](Cc1ccccc1)C(=O)N[C@@H](CS)C(=O)N[C@@H](Cc1ccccc1)C(N)=O. The molecule has 10 atom stereocenters. The number of Topliss-reactive ketones (excluding diaryl/α,β-unsaturated/α-hetero) is 1. The number of amides is 12. The average Bonchev–Trinajstić information content (AvgIpc) is 0.735. The van der Waals surface area contributed by atoms with Gasteiger partial charge in [-0.25, -0.2) is 0 Å². The van der Waals surface area contributed by atoms with Crippen LogP contribution in [-0.4, -0.2) is 182 Å². The Kier molecular flexibility index (Phi) is 39.6. The van der Waals surface area contributed by atoms with Crippen LogP contribution >= 0.6 is 12.6 Å². The number of carbonyl (C=O) groups excluding carboxylic acids is 14. The van der Waals surface area contributed by atoms with E-state index in [-0.39, 0.29) is 62.9 Å². The Morgan fingerprint density at radius 3 is 0.939 bits per heavy atom. The molecule has 0 aromatic heterocycles. The van der Waals surface area contributed by atoms with Gasteiger partial charge in [0.25, 0.3) is 0 Å². The van der Waals surface area contributed by atoms with Crippen LogP contribution in [0.1, 0.15) is 71.6 Å². The molecule has 0 radical (unpaired) electrons. The van der Waals surface area contributed by atoms with Gasteiger partial charge in [-0.1, -0.05) is 212 Å². The number of carboxylic acids is 1. The van der Waals surface area contributed by atoms with Gasteiger partial charge in [0.1, 0.15) is 42.3 Å². The number of rotatable bonds is 46. The molecule has 0 heterocycles. The molecule has 31 heteroatoms. The molecule has 0 fully saturated rings. The maximum Gasteiger partial charge on any atom is 0.244 e. The summed E-state index contributed by atoms with van der Waals surface area (Å²) in [5, 5.41) is 42.6. The molecule has 610 valence electrons. The number of hydrogen-bond acceptors (Lipinski definition) is 18. The molecule has 5 unspecified atom stereocenters. The number of carbonyl (C=O) groups is 14. The van der Waals surface area contributed by atoms with Gasteiger partial charge < -0.3 is 90.9 Å². The fourth-order valence-corrected chi connectivity index (χ4v) is 12.1. The summed E-state index contributed by atoms with van der Waals surface area (Å²) >= 11 is 4.22. The summed E-state index contributed by atoms with van der Waals surface area (Å²) in [5.41, 5.74) is 20.8. The maximum absolute atomic E-state index is 14.1. The largest absolute Gasteiger partial charge is 0.550 e. The van der Waals surface area contributed by atoms with E-state index in [1.165, 1.54) is 14.0 Å². The predicted molar refractivity (Wildman–Crippen MR) is 431 cm³/mol. The number of quaternary nitrogens is 1. The van der Waals surface area contributed by atoms with Crippen LogP contribution in [0.4, 0.5) is 0 Å². The van der Waals surface area contributed by atoms with Crippen molar-refractivity contribution in [3.63, 3.8) is 0 Å². The minimum atomic E-state index is -1.46. The van der Waals surface area contributed by atoms with Gasteiger partial charge in [0.2, 0.25) is 70.9 Å². The Morgan fingerprint density at radius 2 is 0.617 bits per heavy atom. The lowest BCUT2D eigenvalue weighted by Crippen LogP contribution is -2.58. The molecular weight excluding hydrogens is 1490 g/mol. The molecule has 19 N–H and O–H groups in total. The van der Waals surface area contributed by atoms with Crippen molar-refractivity contribution in [2.45, 2.75) is 138 Å². The number of thiol groups is 1. The van der Waals surface area contributed by atoms with Crippen LogP contribution in [0.3, 0.4) is 0 Å². The fourth-order valence-electron chi connectivity index (χ4n) is 11.9. The van der Waals surface area contributed by atoms with E-state index in [1.807, 2.05) is 72.8 Å². The average molecular weight is 1590 g/mol. The van der Waals surface area contributed by atoms with E-state index >= 15 is 0 Å². The van der Waals surface area contributed by atoms with E-state index < -0.39 is 163 Å². The first-order valence-electron chi connectivity index (χ1n) is 37.6. The molecule has 0 saturated heterocycles. The molecule has 0 aliphatic carbocycles. The third-order valence-corrected chi connectivity index (χ3v) is 18.5. The van der Waals surface area contributed by atoms with Gasteiger partial charge in [0.05, 0.1) is 44.3 Å². The zero-order chi connectivity index (χ0) is 83.4. The van der Waals surface area contributed by atoms with Crippen molar-refractivity contribution in [1.29, 1.82) is 0 Å². The highest BCUT2D eigenvalue weighted by Crippen LogP contribution is 2.13. The number of primary amides is 1. The first kappa shape index (κ1) is 91.4. The van der Waals surface area contributed by atoms with E-state index in [0.717, 1.165) is 27.8 Å². The molecule has 0 saturated carbocycles. The smallest absolute Gasteiger partial charge is 0.244 e. The second kappa shape index (κ2) is 49.8. The summed E-state index contributed by atoms with van der Waals surface area (Å²) in [6.45, 7) is 0.481. The lowest BCUT2D eigenvalue weighted by molar-refractivity contribution is -0.368. The number of ketones is 1. The van der Waals surface area contributed by atoms with Gasteiger partial charge in [0, 0.05) is 50.2 Å². The third kappa shape index (κ3) is 34.2. The van der Waals surface area contributed by atoms with Crippen LogP contribution in [-0.2, 0) is 112 Å². The molecule has 0 spiro atoms. The Morgan fingerprint density at radius 1 is 0.348 bits per heavy atom. The molecule has 0 aliphatic rings. The van der Waals surface area contributed by atoms with Crippen LogP contribution in [0.25, 0.3) is 0 Å². The number of nitrogens with two attached hydrogens (primary N) is 2. The van der Waals surface area contributed by atoms with Crippen LogP contribution in [0, 0.1) is 0 Å². The van der Waals surface area contributed by atoms with Crippen molar-refractivity contribution in [1.82, 2.24) is 63.8 Å². The van der Waals surface area contributed by atoms with Crippen molar-refractivity contribution in [3.05, 3.63) is 251 Å². The molecule has 115 heavy (non-hydrogen) atoms. The van der Waals surface area contributed by atoms with Gasteiger partial charge in [-0.3, -0.25) is 62.3 Å². The Labute approximate surface area is 673 Å². The van der Waals surface area contributed by atoms with Gasteiger partial charge in [-0.15, -0.1) is 0 Å². The summed E-state index contributed by atoms with van der Waals surface area (Å²) < 4.78 is 0. The summed E-state index contributed by atoms with van der Waals surface area (Å²) in [6.07, 6.45) is 1.59. The van der Waals surface area contributed by atoms with Gasteiger partial charge >= 0.3 is 0 Å². The van der Waals surface area contributed by atoms with Crippen LogP contribution in [0.2, 0.25) is 0 Å². The quantitative estimate of drug-likeness (QED) is 0.0150. The zero-order valence-corrected chi connectivity index (χ0v) is 65.1. The van der Waals surface area contributed by atoms with Crippen molar-refractivity contribution in [3.8, 4) is 0 Å². The van der Waals surface area contributed by atoms with Crippen LogP contribution in [0.15, 0.2) is 212 Å². The standard InChI is InChI=1S/C47H58N8O7.C37H45N7O8S/c1-32(56)39(27-34-18-8-3-9-19-34)52-42(57)31-51-45(60)40(28-35-20-10-4-11-21-35)55-46(61)38(24-14-15-25-48)54-47(62)41(29-36-22-12-5-13-23-36)53-43(58)30-50-44(59)37(49)26-33-16-6-2-7-17-33;1-39-27(20-32(46)47)35(50)43-28(18-24-13-7-3-8-14-24)34(49)40-21-31(45)41-29(19-25-15-9-4-10-16-25)36(51)44-30(22-53)37(52)42-26(33(38)48)17-23-11-5-2-6-12-23/h2-13,16-23,37-41H,14-15,24-31,48-49H2,1H3,(H,50,59)(H,51,60)(H,52,57)(H,53,58)(H,54,62)(H,55,61);2-16,26-30,39,53H,17-22H2,1H3,(H2,38,48)(H,40,49)(H,41,45)(H,42,52)(H,43,50)(H,44,51)(H,46,47)/t37?,38-,39?,40?,41?;26-,27-,28?,29-,30-/m00/s1. The summed E-state index contributed by atoms with van der Waals surface area (Å²) in [4.78, 5) is 183. The summed E-state index contributed by atoms with van der Waals surface area (Å²) in [7, 11) is 1.39. The van der Waals surface area contributed by atoms with Gasteiger partial charge in [-0.2, -0.15) is 12.6 Å². The van der Waals surface area contributed by atoms with Crippen LogP contribution < -0.4 is 86.1 Å². The van der Waals surface area contributed by atoms with Crippen molar-refractivity contribution >= 4 is 95.3 Å². The third-order valence-electron chi connectivity index (χ3n) is 18.1. The van der Waals surface area contributed by atoms with Crippen LogP contribution in [0.5, 0.6) is 0 Å². The molecular formula is C84H103N15O15S. The van der Waals surface area contributed by atoms with E-state index in [2.05, 4.69) is 82.2 Å². The first-order chi connectivity index (χ1) is 55.3. The zero-order valence-electron chi connectivity index (χ0n) is 64.2. The highest BCUT2D eigenvalue weighted by molar-refractivity contribution is 7.80. The monoisotopic (exact) mass is 1590 g/mol. The number of likely N-dealkylation sites (N-methyl/N-ethyl adjacent to an activating group) is 1. The molecule has 30 nitrogen and oxygen atoms in total. The van der Waals surface area contributed by atoms with Crippen molar-refractivity contribution in [2.75, 3.05) is 39.0 Å². The maximum atomic E-state index is 14.1. The normalized spacial score (nSPS) is 13.4. The van der Waals surface area contributed by atoms with Gasteiger partial charge in [-0.05, 0) is 85.0 Å². The topological polar surface area (TPSA) is 486 Å². The van der Waals surface area contributed by atoms with E-state index in [0.29, 0.717) is 30.5 Å². The molecule has 7 aromatic carbocycles. The Bertz CT molecular complexity index is 4300. The number of nitrogens with one attached hydrogen (secondary N) is 12. The first-order valence-corrected chi connectivity index (χ1v) is 38.3. The summed E-state index contributed by atoms with van der Waals surface area (Å²) in [6, 6.07) is 51.9. The summed E-state index contributed by atoms with van der Waals surface area (Å²) in [5.74, 6) is -10.0. The highest BCUT2D eigenvalue weighted by atomic mass is 32.1. The van der Waals surface area contributed by atoms with E-state index in [1.54, 1.807) is 140 Å². The Balaban J connectivity index is 0.000000362. The number of aliphatic carboxylic acids is 1. The number of unbranched alkanes of at least 4 members (excludes halogenated alkanes) is 1. The number of hydrogen-bond donors (Lipinski definition) is 16. The Hall–Kier alpha value is -12.5. The van der Waals surface area contributed by atoms with E-state index in [4.69, 9.17) is 11.5 Å². The number of carboxylic acid groups (broad SMARTS) is 1. The molecule has 0 aliphatic heterocycles.